The van der Waals surface area contributed by atoms with Gasteiger partial charge in [0.15, 0.2) is 0 Å². The first-order valence-electron chi connectivity index (χ1n) is 5.90. The number of hydrogen-bond acceptors (Lipinski definition) is 2. The SMILES string of the molecule is CC(C)C(C)(C)CNC(=O)c1ccc(O)cc1. The fourth-order valence-corrected chi connectivity index (χ4v) is 1.23. The molecule has 94 valence electrons. The first-order valence-corrected chi connectivity index (χ1v) is 5.90. The van der Waals surface area contributed by atoms with Gasteiger partial charge in [-0.05, 0) is 35.6 Å². The number of phenolic OH excluding ortho intramolecular Hbond substituents is 1. The monoisotopic (exact) mass is 235 g/mol. The number of carbonyl (C=O) groups excluding carboxylic acids is 1. The van der Waals surface area contributed by atoms with Crippen molar-refractivity contribution in [1.29, 1.82) is 0 Å². The fraction of sp³-hybridized carbons (Fsp3) is 0.500. The second kappa shape index (κ2) is 5.21. The van der Waals surface area contributed by atoms with Crippen molar-refractivity contribution >= 4 is 5.91 Å². The van der Waals surface area contributed by atoms with Crippen LogP contribution in [0.15, 0.2) is 24.3 Å². The van der Waals surface area contributed by atoms with Crippen LogP contribution in [-0.4, -0.2) is 17.6 Å². The van der Waals surface area contributed by atoms with Crippen LogP contribution in [0.4, 0.5) is 0 Å². The summed E-state index contributed by atoms with van der Waals surface area (Å²) < 4.78 is 0. The van der Waals surface area contributed by atoms with Gasteiger partial charge < -0.3 is 10.4 Å². The van der Waals surface area contributed by atoms with E-state index in [-0.39, 0.29) is 17.1 Å². The molecule has 1 aromatic rings. The lowest BCUT2D eigenvalue weighted by Gasteiger charge is -2.29. The summed E-state index contributed by atoms with van der Waals surface area (Å²) in [6, 6.07) is 6.27. The van der Waals surface area contributed by atoms with Crippen molar-refractivity contribution in [2.75, 3.05) is 6.54 Å². The topological polar surface area (TPSA) is 49.3 Å². The molecule has 3 nitrogen and oxygen atoms in total. The minimum Gasteiger partial charge on any atom is -0.508 e. The maximum Gasteiger partial charge on any atom is 0.251 e. The van der Waals surface area contributed by atoms with Crippen LogP contribution in [0.2, 0.25) is 0 Å². The van der Waals surface area contributed by atoms with E-state index in [0.29, 0.717) is 18.0 Å². The van der Waals surface area contributed by atoms with Crippen LogP contribution in [0.25, 0.3) is 0 Å². The van der Waals surface area contributed by atoms with Gasteiger partial charge in [0.1, 0.15) is 5.75 Å². The molecule has 0 saturated carbocycles. The summed E-state index contributed by atoms with van der Waals surface area (Å²) in [7, 11) is 0. The molecule has 1 amide bonds. The number of aromatic hydroxyl groups is 1. The van der Waals surface area contributed by atoms with Gasteiger partial charge in [0.25, 0.3) is 5.91 Å². The van der Waals surface area contributed by atoms with Crippen LogP contribution in [-0.2, 0) is 0 Å². The van der Waals surface area contributed by atoms with Gasteiger partial charge in [0.2, 0.25) is 0 Å². The van der Waals surface area contributed by atoms with Crippen molar-refractivity contribution in [2.24, 2.45) is 11.3 Å². The summed E-state index contributed by atoms with van der Waals surface area (Å²) in [5.41, 5.74) is 0.648. The molecule has 0 unspecified atom stereocenters. The molecule has 0 aromatic heterocycles. The van der Waals surface area contributed by atoms with Gasteiger partial charge >= 0.3 is 0 Å². The lowest BCUT2D eigenvalue weighted by atomic mass is 9.81. The standard InChI is InChI=1S/C14H21NO2/c1-10(2)14(3,4)9-15-13(17)11-5-7-12(16)8-6-11/h5-8,10,16H,9H2,1-4H3,(H,15,17). The second-order valence-electron chi connectivity index (χ2n) is 5.37. The Labute approximate surface area is 103 Å². The predicted octanol–water partition coefficient (Wildman–Crippen LogP) is 2.80. The van der Waals surface area contributed by atoms with Crippen molar-refractivity contribution in [3.8, 4) is 5.75 Å². The fourth-order valence-electron chi connectivity index (χ4n) is 1.23. The Balaban J connectivity index is 2.59. The zero-order valence-corrected chi connectivity index (χ0v) is 10.9. The second-order valence-corrected chi connectivity index (χ2v) is 5.37. The molecule has 0 aliphatic rings. The molecular weight excluding hydrogens is 214 g/mol. The van der Waals surface area contributed by atoms with Gasteiger partial charge in [-0.1, -0.05) is 27.7 Å². The quantitative estimate of drug-likeness (QED) is 0.843. The summed E-state index contributed by atoms with van der Waals surface area (Å²) in [4.78, 5) is 11.8. The summed E-state index contributed by atoms with van der Waals surface area (Å²) in [5.74, 6) is 0.574. The maximum absolute atomic E-state index is 11.8. The number of amides is 1. The molecule has 17 heavy (non-hydrogen) atoms. The lowest BCUT2D eigenvalue weighted by molar-refractivity contribution is 0.0925. The summed E-state index contributed by atoms with van der Waals surface area (Å²) in [6.07, 6.45) is 0. The zero-order valence-electron chi connectivity index (χ0n) is 10.9. The third kappa shape index (κ3) is 3.77. The van der Waals surface area contributed by atoms with E-state index >= 15 is 0 Å². The largest absolute Gasteiger partial charge is 0.508 e. The number of hydrogen-bond donors (Lipinski definition) is 2. The van der Waals surface area contributed by atoms with Crippen molar-refractivity contribution in [3.63, 3.8) is 0 Å². The highest BCUT2D eigenvalue weighted by molar-refractivity contribution is 5.94. The van der Waals surface area contributed by atoms with Crippen LogP contribution in [0, 0.1) is 11.3 Å². The van der Waals surface area contributed by atoms with E-state index in [2.05, 4.69) is 33.0 Å². The molecule has 0 radical (unpaired) electrons. The first kappa shape index (κ1) is 13.6. The van der Waals surface area contributed by atoms with Crippen molar-refractivity contribution in [1.82, 2.24) is 5.32 Å². The normalized spacial score (nSPS) is 11.6. The molecule has 0 atom stereocenters. The number of carbonyl (C=O) groups is 1. The Bertz CT molecular complexity index is 380. The van der Waals surface area contributed by atoms with E-state index < -0.39 is 0 Å². The molecule has 0 heterocycles. The van der Waals surface area contributed by atoms with Crippen LogP contribution >= 0.6 is 0 Å². The minimum atomic E-state index is -0.0984. The molecule has 0 spiro atoms. The summed E-state index contributed by atoms with van der Waals surface area (Å²) in [5, 5.41) is 12.1. The van der Waals surface area contributed by atoms with Crippen molar-refractivity contribution in [2.45, 2.75) is 27.7 Å². The lowest BCUT2D eigenvalue weighted by Crippen LogP contribution is -2.36. The molecule has 3 heteroatoms. The van der Waals surface area contributed by atoms with E-state index in [0.717, 1.165) is 0 Å². The average Bonchev–Trinajstić information content (AvgIpc) is 2.27. The maximum atomic E-state index is 11.8. The molecular formula is C14H21NO2. The Kier molecular flexibility index (Phi) is 4.16. The number of rotatable bonds is 4. The Morgan fingerprint density at radius 3 is 2.29 bits per heavy atom. The smallest absolute Gasteiger partial charge is 0.251 e. The molecule has 1 aromatic carbocycles. The van der Waals surface area contributed by atoms with Gasteiger partial charge in [0, 0.05) is 12.1 Å². The van der Waals surface area contributed by atoms with E-state index in [1.807, 2.05) is 0 Å². The van der Waals surface area contributed by atoms with Crippen LogP contribution < -0.4 is 5.32 Å². The van der Waals surface area contributed by atoms with Gasteiger partial charge in [-0.15, -0.1) is 0 Å². The van der Waals surface area contributed by atoms with Gasteiger partial charge in [-0.3, -0.25) is 4.79 Å². The Morgan fingerprint density at radius 1 is 1.29 bits per heavy atom. The predicted molar refractivity (Wildman–Crippen MR) is 69.1 cm³/mol. The van der Waals surface area contributed by atoms with Gasteiger partial charge in [0.05, 0.1) is 0 Å². The van der Waals surface area contributed by atoms with Gasteiger partial charge in [-0.25, -0.2) is 0 Å². The summed E-state index contributed by atoms with van der Waals surface area (Å²) in [6.45, 7) is 9.20. The minimum absolute atomic E-state index is 0.0760. The first-order chi connectivity index (χ1) is 7.83. The number of phenols is 1. The highest BCUT2D eigenvalue weighted by atomic mass is 16.3. The highest BCUT2D eigenvalue weighted by Crippen LogP contribution is 2.24. The Morgan fingerprint density at radius 2 is 1.82 bits per heavy atom. The van der Waals surface area contributed by atoms with Crippen LogP contribution in [0.3, 0.4) is 0 Å². The van der Waals surface area contributed by atoms with Crippen molar-refractivity contribution in [3.05, 3.63) is 29.8 Å². The molecule has 0 aliphatic carbocycles. The van der Waals surface area contributed by atoms with Crippen LogP contribution in [0.1, 0.15) is 38.1 Å². The van der Waals surface area contributed by atoms with E-state index in [1.165, 1.54) is 12.1 Å². The van der Waals surface area contributed by atoms with E-state index in [4.69, 9.17) is 5.11 Å². The van der Waals surface area contributed by atoms with Crippen molar-refractivity contribution < 1.29 is 9.90 Å². The number of nitrogens with one attached hydrogen (secondary N) is 1. The molecule has 0 fully saturated rings. The molecule has 0 aliphatic heterocycles. The molecule has 0 saturated heterocycles. The highest BCUT2D eigenvalue weighted by Gasteiger charge is 2.23. The molecule has 2 N–H and O–H groups in total. The Hall–Kier alpha value is -1.51. The molecule has 0 bridgehead atoms. The molecule has 1 rings (SSSR count). The third-order valence-corrected chi connectivity index (χ3v) is 3.40. The van der Waals surface area contributed by atoms with E-state index in [9.17, 15) is 4.79 Å². The van der Waals surface area contributed by atoms with Crippen LogP contribution in [0.5, 0.6) is 5.75 Å². The average molecular weight is 235 g/mol. The van der Waals surface area contributed by atoms with E-state index in [1.54, 1.807) is 12.1 Å². The zero-order chi connectivity index (χ0) is 13.1. The number of benzene rings is 1. The van der Waals surface area contributed by atoms with Gasteiger partial charge in [-0.2, -0.15) is 0 Å². The summed E-state index contributed by atoms with van der Waals surface area (Å²) >= 11 is 0. The third-order valence-electron chi connectivity index (χ3n) is 3.40.